The number of carbonyl (C=O) groups excluding carboxylic acids is 1. The molecule has 1 heterocycles. The van der Waals surface area contributed by atoms with Gasteiger partial charge in [-0.25, -0.2) is 4.68 Å². The number of rotatable bonds is 7. The standard InChI is InChI=1S/C21H23N5O2S/c1-15(29-21-23-24-25-26(21)17-7-5-6-8-17)20(27)22-16-11-13-19(14-12-16)28-18-9-3-2-4-10-18/h2-4,9-15,17H,5-8H2,1H3,(H,22,27)/t15-/m1/s1. The highest BCUT2D eigenvalue weighted by Crippen LogP contribution is 2.32. The van der Waals surface area contributed by atoms with E-state index in [1.807, 2.05) is 66.2 Å². The number of thioether (sulfide) groups is 1. The number of hydrogen-bond donors (Lipinski definition) is 1. The van der Waals surface area contributed by atoms with E-state index in [2.05, 4.69) is 20.8 Å². The third-order valence-corrected chi connectivity index (χ3v) is 5.93. The first-order chi connectivity index (χ1) is 14.2. The molecule has 7 nitrogen and oxygen atoms in total. The van der Waals surface area contributed by atoms with E-state index in [0.29, 0.717) is 16.9 Å². The zero-order valence-corrected chi connectivity index (χ0v) is 17.0. The second-order valence-corrected chi connectivity index (χ2v) is 8.34. The van der Waals surface area contributed by atoms with Gasteiger partial charge in [-0.2, -0.15) is 0 Å². The van der Waals surface area contributed by atoms with E-state index in [1.165, 1.54) is 24.6 Å². The van der Waals surface area contributed by atoms with Gasteiger partial charge in [0.1, 0.15) is 11.5 Å². The normalized spacial score (nSPS) is 15.2. The van der Waals surface area contributed by atoms with Gasteiger partial charge >= 0.3 is 0 Å². The zero-order valence-electron chi connectivity index (χ0n) is 16.2. The summed E-state index contributed by atoms with van der Waals surface area (Å²) in [4.78, 5) is 12.6. The van der Waals surface area contributed by atoms with Crippen LogP contribution in [0.15, 0.2) is 59.8 Å². The van der Waals surface area contributed by atoms with Crippen LogP contribution in [0.25, 0.3) is 0 Å². The predicted molar refractivity (Wildman–Crippen MR) is 112 cm³/mol. The van der Waals surface area contributed by atoms with Crippen molar-refractivity contribution in [2.45, 2.75) is 49.1 Å². The van der Waals surface area contributed by atoms with E-state index in [1.54, 1.807) is 0 Å². The summed E-state index contributed by atoms with van der Waals surface area (Å²) in [5.74, 6) is 1.40. The molecule has 0 spiro atoms. The highest BCUT2D eigenvalue weighted by atomic mass is 32.2. The first kappa shape index (κ1) is 19.4. The van der Waals surface area contributed by atoms with E-state index in [9.17, 15) is 4.79 Å². The van der Waals surface area contributed by atoms with Crippen molar-refractivity contribution in [3.63, 3.8) is 0 Å². The number of nitrogens with zero attached hydrogens (tertiary/aromatic N) is 4. The highest BCUT2D eigenvalue weighted by molar-refractivity contribution is 8.00. The molecule has 3 aromatic rings. The van der Waals surface area contributed by atoms with Crippen molar-refractivity contribution in [1.29, 1.82) is 0 Å². The number of ether oxygens (including phenoxy) is 1. The minimum atomic E-state index is -0.318. The van der Waals surface area contributed by atoms with Crippen LogP contribution >= 0.6 is 11.8 Å². The molecule has 0 bridgehead atoms. The van der Waals surface area contributed by atoms with Gasteiger partial charge in [-0.15, -0.1) is 5.10 Å². The molecular weight excluding hydrogens is 386 g/mol. The lowest BCUT2D eigenvalue weighted by Gasteiger charge is -2.14. The Kier molecular flexibility index (Phi) is 6.09. The number of carbonyl (C=O) groups is 1. The average molecular weight is 410 g/mol. The van der Waals surface area contributed by atoms with Gasteiger partial charge in [0.15, 0.2) is 0 Å². The van der Waals surface area contributed by atoms with E-state index >= 15 is 0 Å². The summed E-state index contributed by atoms with van der Waals surface area (Å²) in [7, 11) is 0. The van der Waals surface area contributed by atoms with Crippen molar-refractivity contribution in [3.05, 3.63) is 54.6 Å². The summed E-state index contributed by atoms with van der Waals surface area (Å²) in [6, 6.07) is 17.3. The van der Waals surface area contributed by atoms with Gasteiger partial charge in [0.05, 0.1) is 11.3 Å². The summed E-state index contributed by atoms with van der Waals surface area (Å²) < 4.78 is 7.65. The topological polar surface area (TPSA) is 81.9 Å². The molecule has 29 heavy (non-hydrogen) atoms. The molecule has 1 N–H and O–H groups in total. The third-order valence-electron chi connectivity index (χ3n) is 4.89. The molecule has 2 aromatic carbocycles. The molecule has 150 valence electrons. The molecule has 0 unspecified atom stereocenters. The van der Waals surface area contributed by atoms with E-state index < -0.39 is 0 Å². The molecule has 1 fully saturated rings. The van der Waals surface area contributed by atoms with Crippen molar-refractivity contribution in [2.75, 3.05) is 5.32 Å². The number of aromatic nitrogens is 4. The van der Waals surface area contributed by atoms with Crippen LogP contribution in [0.2, 0.25) is 0 Å². The maximum absolute atomic E-state index is 12.6. The van der Waals surface area contributed by atoms with E-state index in [0.717, 1.165) is 24.3 Å². The first-order valence-corrected chi connectivity index (χ1v) is 10.7. The Bertz CT molecular complexity index is 939. The predicted octanol–water partition coefficient (Wildman–Crippen LogP) is 4.70. The number of para-hydroxylation sites is 1. The Hall–Kier alpha value is -2.87. The smallest absolute Gasteiger partial charge is 0.237 e. The molecule has 8 heteroatoms. The van der Waals surface area contributed by atoms with Crippen LogP contribution in [0.3, 0.4) is 0 Å². The van der Waals surface area contributed by atoms with Crippen LogP contribution in [0.1, 0.15) is 38.6 Å². The third kappa shape index (κ3) is 4.95. The van der Waals surface area contributed by atoms with Gasteiger partial charge in [-0.1, -0.05) is 42.8 Å². The number of tetrazole rings is 1. The fourth-order valence-electron chi connectivity index (χ4n) is 3.33. The molecule has 1 amide bonds. The van der Waals surface area contributed by atoms with Crippen molar-refractivity contribution >= 4 is 23.4 Å². The summed E-state index contributed by atoms with van der Waals surface area (Å²) in [5, 5.41) is 15.4. The van der Waals surface area contributed by atoms with Gasteiger partial charge in [-0.3, -0.25) is 4.79 Å². The SMILES string of the molecule is C[C@@H](Sc1nnnn1C1CCCC1)C(=O)Nc1ccc(Oc2ccccc2)cc1. The fourth-order valence-corrected chi connectivity index (χ4v) is 4.19. The van der Waals surface area contributed by atoms with Crippen molar-refractivity contribution < 1.29 is 9.53 Å². The first-order valence-electron chi connectivity index (χ1n) is 9.77. The quantitative estimate of drug-likeness (QED) is 0.570. The van der Waals surface area contributed by atoms with Crippen LogP contribution in [0.5, 0.6) is 11.5 Å². The number of amides is 1. The molecular formula is C21H23N5O2S. The molecule has 1 atom stereocenters. The van der Waals surface area contributed by atoms with Gasteiger partial charge in [-0.05, 0) is 66.6 Å². The van der Waals surface area contributed by atoms with E-state index in [-0.39, 0.29) is 11.2 Å². The Morgan fingerprint density at radius 3 is 2.52 bits per heavy atom. The number of anilines is 1. The van der Waals surface area contributed by atoms with Gasteiger partial charge in [0, 0.05) is 5.69 Å². The molecule has 0 saturated heterocycles. The second-order valence-electron chi connectivity index (χ2n) is 7.03. The Morgan fingerprint density at radius 1 is 1.10 bits per heavy atom. The van der Waals surface area contributed by atoms with Crippen LogP contribution < -0.4 is 10.1 Å². The molecule has 1 aliphatic rings. The summed E-state index contributed by atoms with van der Waals surface area (Å²) >= 11 is 1.39. The highest BCUT2D eigenvalue weighted by Gasteiger charge is 2.24. The molecule has 4 rings (SSSR count). The number of benzene rings is 2. The summed E-state index contributed by atoms with van der Waals surface area (Å²) in [6.07, 6.45) is 4.59. The summed E-state index contributed by atoms with van der Waals surface area (Å²) in [5.41, 5.74) is 0.721. The van der Waals surface area contributed by atoms with Crippen LogP contribution in [0.4, 0.5) is 5.69 Å². The second kappa shape index (κ2) is 9.09. The molecule has 1 aromatic heterocycles. The minimum absolute atomic E-state index is 0.0901. The maximum atomic E-state index is 12.6. The van der Waals surface area contributed by atoms with Gasteiger partial charge < -0.3 is 10.1 Å². The van der Waals surface area contributed by atoms with E-state index in [4.69, 9.17) is 4.74 Å². The molecule has 1 saturated carbocycles. The van der Waals surface area contributed by atoms with Crippen LogP contribution in [-0.2, 0) is 4.79 Å². The van der Waals surface area contributed by atoms with Crippen molar-refractivity contribution in [3.8, 4) is 11.5 Å². The van der Waals surface area contributed by atoms with Gasteiger partial charge in [0.25, 0.3) is 0 Å². The number of nitrogens with one attached hydrogen (secondary N) is 1. The van der Waals surface area contributed by atoms with Crippen molar-refractivity contribution in [2.24, 2.45) is 0 Å². The zero-order chi connectivity index (χ0) is 20.1. The minimum Gasteiger partial charge on any atom is -0.457 e. The Morgan fingerprint density at radius 2 is 1.79 bits per heavy atom. The Labute approximate surface area is 173 Å². The maximum Gasteiger partial charge on any atom is 0.237 e. The van der Waals surface area contributed by atoms with Crippen LogP contribution in [-0.4, -0.2) is 31.4 Å². The average Bonchev–Trinajstić information content (AvgIpc) is 3.42. The monoisotopic (exact) mass is 409 g/mol. The summed E-state index contributed by atoms with van der Waals surface area (Å²) in [6.45, 7) is 1.86. The fraction of sp³-hybridized carbons (Fsp3) is 0.333. The Balaban J connectivity index is 1.33. The molecule has 0 radical (unpaired) electrons. The lowest BCUT2D eigenvalue weighted by atomic mass is 10.3. The van der Waals surface area contributed by atoms with Crippen LogP contribution in [0, 0.1) is 0 Å². The molecule has 1 aliphatic carbocycles. The largest absolute Gasteiger partial charge is 0.457 e. The lowest BCUT2D eigenvalue weighted by molar-refractivity contribution is -0.115. The van der Waals surface area contributed by atoms with Gasteiger partial charge in [0.2, 0.25) is 11.1 Å². The number of hydrogen-bond acceptors (Lipinski definition) is 6. The molecule has 0 aliphatic heterocycles. The lowest BCUT2D eigenvalue weighted by Crippen LogP contribution is -2.23. The van der Waals surface area contributed by atoms with Crippen molar-refractivity contribution in [1.82, 2.24) is 20.2 Å².